The number of benzene rings is 6. The van der Waals surface area contributed by atoms with Crippen LogP contribution in [0.4, 0.5) is 22.7 Å². The standard InChI is InChI=1S/C48H38N2S.C2H2/c1-3-4-5-8-17-39-32-37(24-27-44(39)49-40-20-9-6-10-21-40)35-18-15-19-36(31-35)38-25-29-46-43(33-38)42-26-28-45-47(48(42)51-46)34(2)16-13-14-30-50(45)41-22-11-7-12-23-41;1-2/h3-16,18-33,49H,2,17H2,1H3;1-2H/b4-3-,8-5-,16-13-,30-14-;. The van der Waals surface area contributed by atoms with Gasteiger partial charge in [-0.3, -0.25) is 0 Å². The molecule has 6 aromatic carbocycles. The van der Waals surface area contributed by atoms with Gasteiger partial charge in [-0.25, -0.2) is 0 Å². The second kappa shape index (κ2) is 16.2. The first kappa shape index (κ1) is 34.8. The highest BCUT2D eigenvalue weighted by molar-refractivity contribution is 7.26. The van der Waals surface area contributed by atoms with E-state index in [2.05, 4.69) is 206 Å². The Morgan fingerprint density at radius 1 is 0.698 bits per heavy atom. The van der Waals surface area contributed by atoms with Crippen molar-refractivity contribution in [3.8, 4) is 35.1 Å². The molecule has 0 amide bonds. The van der Waals surface area contributed by atoms with Crippen LogP contribution in [0.2, 0.25) is 0 Å². The highest BCUT2D eigenvalue weighted by Gasteiger charge is 2.20. The molecule has 0 atom stereocenters. The Bertz CT molecular complexity index is 2550. The van der Waals surface area contributed by atoms with Crippen molar-refractivity contribution < 1.29 is 0 Å². The molecule has 0 fully saturated rings. The maximum absolute atomic E-state index is 4.51. The fourth-order valence-corrected chi connectivity index (χ4v) is 8.07. The molecule has 0 radical (unpaired) electrons. The second-order valence-electron chi connectivity index (χ2n) is 12.7. The largest absolute Gasteiger partial charge is 0.355 e. The predicted molar refractivity (Wildman–Crippen MR) is 233 cm³/mol. The minimum Gasteiger partial charge on any atom is -0.355 e. The molecule has 0 spiro atoms. The Hall–Kier alpha value is -6.60. The number of terminal acetylenes is 1. The molecule has 0 saturated carbocycles. The SMILES string of the molecule is C#C.C=C1/C=C\C=C/N(c2ccccc2)c2ccc3c(sc4ccc(-c5cccc(-c6ccc(Nc7ccccc7)c(C/C=C\C=C/C)c6)c5)cc43)c21. The van der Waals surface area contributed by atoms with Gasteiger partial charge in [-0.1, -0.05) is 116 Å². The van der Waals surface area contributed by atoms with Crippen molar-refractivity contribution >= 4 is 59.8 Å². The maximum Gasteiger partial charge on any atom is 0.0548 e. The van der Waals surface area contributed by atoms with E-state index in [9.17, 15) is 0 Å². The number of nitrogens with one attached hydrogen (secondary N) is 1. The van der Waals surface area contributed by atoms with Crippen molar-refractivity contribution in [2.24, 2.45) is 0 Å². The van der Waals surface area contributed by atoms with Crippen molar-refractivity contribution in [2.45, 2.75) is 13.3 Å². The minimum atomic E-state index is 0.834. The summed E-state index contributed by atoms with van der Waals surface area (Å²) in [5.41, 5.74) is 12.7. The average Bonchev–Trinajstić information content (AvgIpc) is 3.58. The van der Waals surface area contributed by atoms with Crippen molar-refractivity contribution in [3.05, 3.63) is 200 Å². The average molecular weight is 701 g/mol. The van der Waals surface area contributed by atoms with Crippen LogP contribution in [-0.4, -0.2) is 0 Å². The Labute approximate surface area is 317 Å². The van der Waals surface area contributed by atoms with Crippen LogP contribution in [0.3, 0.4) is 0 Å². The number of anilines is 4. The molecule has 1 aromatic heterocycles. The van der Waals surface area contributed by atoms with Crippen LogP contribution in [0.1, 0.15) is 18.1 Å². The topological polar surface area (TPSA) is 15.3 Å². The number of hydrogen-bond donors (Lipinski definition) is 1. The lowest BCUT2D eigenvalue weighted by Gasteiger charge is -2.25. The minimum absolute atomic E-state index is 0.834. The smallest absolute Gasteiger partial charge is 0.0548 e. The first-order chi connectivity index (χ1) is 26.2. The van der Waals surface area contributed by atoms with E-state index in [1.807, 2.05) is 24.3 Å². The quantitative estimate of drug-likeness (QED) is 0.125. The number of nitrogens with zero attached hydrogens (tertiary/aromatic N) is 1. The number of thiophene rings is 1. The zero-order valence-electron chi connectivity index (χ0n) is 29.7. The molecule has 2 heterocycles. The van der Waals surface area contributed by atoms with Crippen molar-refractivity contribution in [1.29, 1.82) is 0 Å². The Morgan fingerprint density at radius 2 is 1.42 bits per heavy atom. The zero-order valence-corrected chi connectivity index (χ0v) is 30.6. The molecule has 1 aliphatic heterocycles. The number of fused-ring (bicyclic) bond motifs is 5. The molecule has 0 unspecified atom stereocenters. The number of para-hydroxylation sites is 2. The Kier molecular flexibility index (Phi) is 10.6. The van der Waals surface area contributed by atoms with Gasteiger partial charge in [0.2, 0.25) is 0 Å². The highest BCUT2D eigenvalue weighted by atomic mass is 32.1. The molecule has 1 N–H and O–H groups in total. The summed E-state index contributed by atoms with van der Waals surface area (Å²) in [5.74, 6) is 0. The van der Waals surface area contributed by atoms with Crippen LogP contribution in [0.15, 0.2) is 189 Å². The van der Waals surface area contributed by atoms with Crippen LogP contribution in [0.25, 0.3) is 48.0 Å². The molecule has 256 valence electrons. The maximum atomic E-state index is 4.51. The Morgan fingerprint density at radius 3 is 2.19 bits per heavy atom. The third-order valence-electron chi connectivity index (χ3n) is 9.34. The van der Waals surface area contributed by atoms with Gasteiger partial charge in [0.25, 0.3) is 0 Å². The molecular weight excluding hydrogens is 661 g/mol. The molecule has 1 aliphatic rings. The lowest BCUT2D eigenvalue weighted by molar-refractivity contribution is 1.26. The van der Waals surface area contributed by atoms with Crippen LogP contribution in [0.5, 0.6) is 0 Å². The van der Waals surface area contributed by atoms with Crippen molar-refractivity contribution in [3.63, 3.8) is 0 Å². The van der Waals surface area contributed by atoms with E-state index in [-0.39, 0.29) is 0 Å². The third-order valence-corrected chi connectivity index (χ3v) is 10.5. The summed E-state index contributed by atoms with van der Waals surface area (Å²) >= 11 is 1.85. The number of rotatable bonds is 8. The molecule has 0 aliphatic carbocycles. The van der Waals surface area contributed by atoms with Gasteiger partial charge in [0.15, 0.2) is 0 Å². The summed E-state index contributed by atoms with van der Waals surface area (Å²) in [6, 6.07) is 48.0. The molecular formula is C50H40N2S. The summed E-state index contributed by atoms with van der Waals surface area (Å²) in [5, 5.41) is 6.16. The number of hydrogen-bond acceptors (Lipinski definition) is 3. The van der Waals surface area contributed by atoms with Crippen LogP contribution < -0.4 is 10.2 Å². The monoisotopic (exact) mass is 700 g/mol. The lowest BCUT2D eigenvalue weighted by atomic mass is 9.95. The first-order valence-corrected chi connectivity index (χ1v) is 18.5. The predicted octanol–water partition coefficient (Wildman–Crippen LogP) is 14.3. The van der Waals surface area contributed by atoms with Crippen molar-refractivity contribution in [1.82, 2.24) is 0 Å². The molecule has 53 heavy (non-hydrogen) atoms. The van der Waals surface area contributed by atoms with E-state index in [0.717, 1.165) is 34.7 Å². The van der Waals surface area contributed by atoms with Gasteiger partial charge in [0.05, 0.1) is 5.69 Å². The van der Waals surface area contributed by atoms with Crippen LogP contribution in [-0.2, 0) is 6.42 Å². The van der Waals surface area contributed by atoms with Crippen molar-refractivity contribution in [2.75, 3.05) is 10.2 Å². The summed E-state index contributed by atoms with van der Waals surface area (Å²) in [6.45, 7) is 6.56. The third kappa shape index (κ3) is 7.41. The van der Waals surface area contributed by atoms with Gasteiger partial charge in [-0.15, -0.1) is 24.2 Å². The summed E-state index contributed by atoms with van der Waals surface area (Å²) in [6.07, 6.45) is 25.7. The van der Waals surface area contributed by atoms with E-state index < -0.39 is 0 Å². The fourth-order valence-electron chi connectivity index (χ4n) is 6.81. The van der Waals surface area contributed by atoms with Gasteiger partial charge >= 0.3 is 0 Å². The van der Waals surface area contributed by atoms with E-state index in [4.69, 9.17) is 0 Å². The van der Waals surface area contributed by atoms with Crippen LogP contribution >= 0.6 is 11.3 Å². The van der Waals surface area contributed by atoms with E-state index >= 15 is 0 Å². The first-order valence-electron chi connectivity index (χ1n) is 17.7. The summed E-state index contributed by atoms with van der Waals surface area (Å²) < 4.78 is 2.54. The summed E-state index contributed by atoms with van der Waals surface area (Å²) in [7, 11) is 0. The molecule has 0 bridgehead atoms. The number of allylic oxidation sites excluding steroid dienone is 8. The van der Waals surface area contributed by atoms with E-state index in [1.54, 1.807) is 0 Å². The van der Waals surface area contributed by atoms with Crippen LogP contribution in [0, 0.1) is 12.8 Å². The normalized spacial score (nSPS) is 13.7. The van der Waals surface area contributed by atoms with Gasteiger partial charge in [-0.05, 0) is 113 Å². The molecule has 8 rings (SSSR count). The fraction of sp³-hybridized carbons (Fsp3) is 0.0400. The summed E-state index contributed by atoms with van der Waals surface area (Å²) in [4.78, 5) is 2.26. The van der Waals surface area contributed by atoms with Gasteiger partial charge < -0.3 is 10.2 Å². The molecule has 7 aromatic rings. The lowest BCUT2D eigenvalue weighted by Crippen LogP contribution is -2.11. The molecule has 2 nitrogen and oxygen atoms in total. The molecule has 3 heteroatoms. The van der Waals surface area contributed by atoms with Gasteiger partial charge in [0.1, 0.15) is 0 Å². The van der Waals surface area contributed by atoms with E-state index in [0.29, 0.717) is 0 Å². The Balaban J connectivity index is 0.00000214. The van der Waals surface area contributed by atoms with E-state index in [1.165, 1.54) is 53.6 Å². The zero-order chi connectivity index (χ0) is 36.6. The highest BCUT2D eigenvalue weighted by Crippen LogP contribution is 2.45. The van der Waals surface area contributed by atoms with Gasteiger partial charge in [0, 0.05) is 49.0 Å². The molecule has 0 saturated heterocycles. The van der Waals surface area contributed by atoms with Gasteiger partial charge in [-0.2, -0.15) is 0 Å². The second-order valence-corrected chi connectivity index (χ2v) is 13.7.